The smallest absolute Gasteiger partial charge is 0.339 e. The van der Waals surface area contributed by atoms with Gasteiger partial charge in [-0.05, 0) is 19.9 Å². The summed E-state index contributed by atoms with van der Waals surface area (Å²) in [7, 11) is 0. The van der Waals surface area contributed by atoms with Crippen molar-refractivity contribution in [3.63, 3.8) is 0 Å². The lowest BCUT2D eigenvalue weighted by molar-refractivity contribution is -0.132. The number of rotatable bonds is 3. The summed E-state index contributed by atoms with van der Waals surface area (Å²) in [4.78, 5) is 23.6. The van der Waals surface area contributed by atoms with Crippen molar-refractivity contribution >= 4 is 11.8 Å². The minimum absolute atomic E-state index is 0.104. The Kier molecular flexibility index (Phi) is 2.77. The molecule has 0 fully saturated rings. The average molecular weight is 232 g/mol. The summed E-state index contributed by atoms with van der Waals surface area (Å²) in [5.41, 5.74) is 0.732. The Morgan fingerprint density at radius 2 is 2.00 bits per heavy atom. The van der Waals surface area contributed by atoms with Gasteiger partial charge in [-0.2, -0.15) is 0 Å². The molecule has 3 heteroatoms. The number of Topliss-reactive ketones (excluding diaryl/α,β-unsaturated/α-hetero) is 1. The molecule has 0 bridgehead atoms. The molecule has 1 unspecified atom stereocenters. The minimum atomic E-state index is -0.670. The molecule has 0 aromatic heterocycles. The quantitative estimate of drug-likeness (QED) is 0.752. The van der Waals surface area contributed by atoms with E-state index in [4.69, 9.17) is 4.74 Å². The van der Waals surface area contributed by atoms with Crippen LogP contribution < -0.4 is 0 Å². The Morgan fingerprint density at radius 1 is 1.35 bits per heavy atom. The van der Waals surface area contributed by atoms with Crippen LogP contribution in [0.2, 0.25) is 0 Å². The van der Waals surface area contributed by atoms with E-state index in [1.165, 1.54) is 0 Å². The first-order chi connectivity index (χ1) is 7.98. The Hall–Kier alpha value is -1.64. The van der Waals surface area contributed by atoms with Crippen molar-refractivity contribution in [1.82, 2.24) is 0 Å². The summed E-state index contributed by atoms with van der Waals surface area (Å²) >= 11 is 0. The maximum Gasteiger partial charge on any atom is 0.339 e. The monoisotopic (exact) mass is 232 g/mol. The van der Waals surface area contributed by atoms with Crippen molar-refractivity contribution < 1.29 is 14.3 Å². The molecule has 0 saturated carbocycles. The molecular weight excluding hydrogens is 216 g/mol. The molecule has 1 aliphatic heterocycles. The number of fused-ring (bicyclic) bond motifs is 1. The first-order valence-electron chi connectivity index (χ1n) is 5.81. The predicted molar refractivity (Wildman–Crippen MR) is 63.7 cm³/mol. The fourth-order valence-corrected chi connectivity index (χ4v) is 2.28. The lowest BCUT2D eigenvalue weighted by atomic mass is 9.78. The fourth-order valence-electron chi connectivity index (χ4n) is 2.28. The number of hydrogen-bond donors (Lipinski definition) is 0. The molecular formula is C14H16O3. The fraction of sp³-hybridized carbons (Fsp3) is 0.429. The largest absolute Gasteiger partial charge is 0.453 e. The van der Waals surface area contributed by atoms with E-state index in [2.05, 4.69) is 0 Å². The maximum atomic E-state index is 11.9. The molecule has 0 spiro atoms. The lowest BCUT2D eigenvalue weighted by Crippen LogP contribution is -2.31. The van der Waals surface area contributed by atoms with Crippen molar-refractivity contribution in [2.75, 3.05) is 0 Å². The molecule has 0 amide bonds. The van der Waals surface area contributed by atoms with E-state index < -0.39 is 11.5 Å². The maximum absolute atomic E-state index is 11.9. The van der Waals surface area contributed by atoms with Gasteiger partial charge in [0.2, 0.25) is 0 Å². The third kappa shape index (κ3) is 1.75. The van der Waals surface area contributed by atoms with Gasteiger partial charge in [-0.1, -0.05) is 25.1 Å². The van der Waals surface area contributed by atoms with Gasteiger partial charge < -0.3 is 4.74 Å². The van der Waals surface area contributed by atoms with Crippen molar-refractivity contribution in [3.8, 4) is 0 Å². The summed E-state index contributed by atoms with van der Waals surface area (Å²) in [6.45, 7) is 5.49. The third-order valence-electron chi connectivity index (χ3n) is 3.38. The molecule has 1 aliphatic rings. The molecule has 3 nitrogen and oxygen atoms in total. The molecule has 1 aromatic rings. The summed E-state index contributed by atoms with van der Waals surface area (Å²) in [5.74, 6) is -0.227. The van der Waals surface area contributed by atoms with Crippen molar-refractivity contribution in [1.29, 1.82) is 0 Å². The van der Waals surface area contributed by atoms with Crippen LogP contribution in [0.1, 0.15) is 49.2 Å². The molecule has 1 atom stereocenters. The van der Waals surface area contributed by atoms with Crippen LogP contribution in [0.15, 0.2) is 24.3 Å². The van der Waals surface area contributed by atoms with E-state index >= 15 is 0 Å². The van der Waals surface area contributed by atoms with E-state index in [1.807, 2.05) is 32.9 Å². The Bertz CT molecular complexity index is 474. The molecule has 17 heavy (non-hydrogen) atoms. The van der Waals surface area contributed by atoms with Crippen LogP contribution in [0.5, 0.6) is 0 Å². The van der Waals surface area contributed by atoms with Crippen LogP contribution >= 0.6 is 0 Å². The summed E-state index contributed by atoms with van der Waals surface area (Å²) in [5, 5.41) is 0. The van der Waals surface area contributed by atoms with Gasteiger partial charge in [-0.25, -0.2) is 4.79 Å². The highest BCUT2D eigenvalue weighted by atomic mass is 16.5. The highest BCUT2D eigenvalue weighted by Gasteiger charge is 2.44. The molecule has 0 radical (unpaired) electrons. The van der Waals surface area contributed by atoms with Gasteiger partial charge in [-0.3, -0.25) is 4.79 Å². The zero-order chi connectivity index (χ0) is 12.6. The third-order valence-corrected chi connectivity index (χ3v) is 3.38. The molecule has 2 rings (SSSR count). The minimum Gasteiger partial charge on any atom is -0.453 e. The number of carbonyl (C=O) groups is 2. The van der Waals surface area contributed by atoms with Gasteiger partial charge in [0.25, 0.3) is 0 Å². The average Bonchev–Trinajstić information content (AvgIpc) is 2.67. The number of cyclic esters (lactones) is 1. The van der Waals surface area contributed by atoms with Gasteiger partial charge in [0.05, 0.1) is 11.0 Å². The molecule has 1 heterocycles. The van der Waals surface area contributed by atoms with Crippen molar-refractivity contribution in [2.24, 2.45) is 5.41 Å². The first kappa shape index (κ1) is 11.8. The molecule has 0 N–H and O–H groups in total. The highest BCUT2D eigenvalue weighted by Crippen LogP contribution is 2.43. The number of esters is 1. The van der Waals surface area contributed by atoms with Gasteiger partial charge in [0.15, 0.2) is 0 Å². The number of ketones is 1. The Morgan fingerprint density at radius 3 is 2.65 bits per heavy atom. The number of ether oxygens (including phenoxy) is 1. The van der Waals surface area contributed by atoms with Crippen LogP contribution in [0, 0.1) is 5.41 Å². The Balaban J connectivity index is 2.44. The van der Waals surface area contributed by atoms with Crippen molar-refractivity contribution in [3.05, 3.63) is 35.4 Å². The standard InChI is InChI=1S/C14H16O3/c1-4-11(15)14(2,3)12-9-7-5-6-8-10(9)13(16)17-12/h5-8,12H,4H2,1-3H3. The van der Waals surface area contributed by atoms with Gasteiger partial charge >= 0.3 is 5.97 Å². The van der Waals surface area contributed by atoms with E-state index in [9.17, 15) is 9.59 Å². The lowest BCUT2D eigenvalue weighted by Gasteiger charge is -2.28. The summed E-state index contributed by atoms with van der Waals surface area (Å²) in [6.07, 6.45) is -0.0119. The van der Waals surface area contributed by atoms with Crippen LogP contribution in [-0.4, -0.2) is 11.8 Å². The SMILES string of the molecule is CCC(=O)C(C)(C)C1OC(=O)c2ccccc21. The number of carbonyl (C=O) groups excluding carboxylic acids is 2. The Labute approximate surface area is 101 Å². The topological polar surface area (TPSA) is 43.4 Å². The van der Waals surface area contributed by atoms with Gasteiger partial charge in [0.1, 0.15) is 11.9 Å². The normalized spacial score (nSPS) is 18.8. The first-order valence-corrected chi connectivity index (χ1v) is 5.81. The molecule has 1 aromatic carbocycles. The zero-order valence-electron chi connectivity index (χ0n) is 10.3. The number of hydrogen-bond acceptors (Lipinski definition) is 3. The second kappa shape index (κ2) is 3.99. The van der Waals surface area contributed by atoms with Crippen molar-refractivity contribution in [2.45, 2.75) is 33.3 Å². The van der Waals surface area contributed by atoms with E-state index in [1.54, 1.807) is 12.1 Å². The summed E-state index contributed by atoms with van der Waals surface area (Å²) < 4.78 is 5.36. The van der Waals surface area contributed by atoms with E-state index in [0.29, 0.717) is 12.0 Å². The highest BCUT2D eigenvalue weighted by molar-refractivity contribution is 5.95. The van der Waals surface area contributed by atoms with Crippen LogP contribution in [0.4, 0.5) is 0 Å². The van der Waals surface area contributed by atoms with Gasteiger partial charge in [0, 0.05) is 12.0 Å². The van der Waals surface area contributed by atoms with Gasteiger partial charge in [-0.15, -0.1) is 0 Å². The van der Waals surface area contributed by atoms with Crippen LogP contribution in [0.3, 0.4) is 0 Å². The second-order valence-corrected chi connectivity index (χ2v) is 4.87. The zero-order valence-corrected chi connectivity index (χ0v) is 10.3. The number of benzene rings is 1. The van der Waals surface area contributed by atoms with E-state index in [0.717, 1.165) is 5.56 Å². The molecule has 0 aliphatic carbocycles. The predicted octanol–water partition coefficient (Wildman–Crippen LogP) is 2.90. The van der Waals surface area contributed by atoms with Crippen LogP contribution in [-0.2, 0) is 9.53 Å². The second-order valence-electron chi connectivity index (χ2n) is 4.87. The summed E-state index contributed by atoms with van der Waals surface area (Å²) in [6, 6.07) is 7.26. The molecule has 0 saturated heterocycles. The molecule has 90 valence electrons. The van der Waals surface area contributed by atoms with E-state index in [-0.39, 0.29) is 11.8 Å². The van der Waals surface area contributed by atoms with Crippen LogP contribution in [0.25, 0.3) is 0 Å².